The topological polar surface area (TPSA) is 339 Å². The number of aliphatic hydroxyl groups excluding tert-OH is 14. The molecule has 512 valence electrons. The van der Waals surface area contributed by atoms with E-state index in [-0.39, 0.29) is 43.7 Å². The minimum absolute atomic E-state index is 0. The molecule has 0 aromatic heterocycles. The van der Waals surface area contributed by atoms with Gasteiger partial charge in [0.2, 0.25) is 0 Å². The fraction of sp³-hybridized carbons (Fsp3) is 0.636. The van der Waals surface area contributed by atoms with Gasteiger partial charge in [0.25, 0.3) is 0 Å². The Morgan fingerprint density at radius 2 is 0.911 bits per heavy atom. The number of aliphatic hydroxyl groups is 14. The molecule has 5 saturated heterocycles. The number of rotatable bonds is 24. The zero-order chi connectivity index (χ0) is 64.7. The second-order valence-electron chi connectivity index (χ2n) is 23.7. The van der Waals surface area contributed by atoms with E-state index in [4.69, 9.17) is 33.5 Å². The Labute approximate surface area is 551 Å². The molecule has 0 saturated carbocycles. The van der Waals surface area contributed by atoms with Gasteiger partial charge in [0.05, 0.1) is 12.7 Å². The summed E-state index contributed by atoms with van der Waals surface area (Å²) in [7, 11) is 0. The molecule has 2 unspecified atom stereocenters. The number of halogens is 1. The third-order valence-electron chi connectivity index (χ3n) is 17.4. The van der Waals surface area contributed by atoms with Crippen molar-refractivity contribution >= 4 is 55.2 Å². The summed E-state index contributed by atoms with van der Waals surface area (Å²) in [6.07, 6.45) is -14.8. The molecule has 5 heterocycles. The third-order valence-corrected chi connectivity index (χ3v) is 34.7. The van der Waals surface area contributed by atoms with Gasteiger partial charge in [-0.2, -0.15) is 0 Å². The second kappa shape index (κ2) is 40.5. The Morgan fingerprint density at radius 1 is 0.478 bits per heavy atom. The van der Waals surface area contributed by atoms with E-state index in [0.717, 1.165) is 60.5 Å². The molecule has 4 aromatic carbocycles. The predicted octanol–water partition coefficient (Wildman–Crippen LogP) is 3.39. The fourth-order valence-corrected chi connectivity index (χ4v) is 29.1. The van der Waals surface area contributed by atoms with E-state index in [1.807, 2.05) is 85.8 Å². The average molecular weight is 1490 g/mol. The van der Waals surface area contributed by atoms with Crippen molar-refractivity contribution in [1.82, 2.24) is 0 Å². The first-order valence-corrected chi connectivity index (χ1v) is 40.8. The van der Waals surface area contributed by atoms with Gasteiger partial charge >= 0.3 is 432 Å². The van der Waals surface area contributed by atoms with Crippen molar-refractivity contribution < 1.29 is 99.9 Å². The van der Waals surface area contributed by atoms with Crippen LogP contribution in [-0.4, -0.2) is 238 Å². The van der Waals surface area contributed by atoms with Gasteiger partial charge in [0.1, 0.15) is 18.3 Å². The van der Waals surface area contributed by atoms with Gasteiger partial charge in [-0.25, -0.2) is 0 Å². The summed E-state index contributed by atoms with van der Waals surface area (Å²) in [5, 5.41) is 140. The summed E-state index contributed by atoms with van der Waals surface area (Å²) in [5.41, 5.74) is 4.38. The fourth-order valence-electron chi connectivity index (χ4n) is 11.8. The Balaban J connectivity index is 0.000000228. The van der Waals surface area contributed by atoms with E-state index >= 15 is 0 Å². The Morgan fingerprint density at radius 3 is 1.33 bits per heavy atom. The zero-order valence-corrected chi connectivity index (χ0v) is 58.4. The van der Waals surface area contributed by atoms with Crippen LogP contribution in [0.2, 0.25) is 41.0 Å². The molecule has 4 aromatic rings. The van der Waals surface area contributed by atoms with Crippen LogP contribution in [0.15, 0.2) is 121 Å². The van der Waals surface area contributed by atoms with E-state index in [0.29, 0.717) is 35.2 Å². The van der Waals surface area contributed by atoms with E-state index in [1.54, 1.807) is 0 Å². The summed E-state index contributed by atoms with van der Waals surface area (Å²) in [6, 6.07) is 39.9. The number of hydrogen-bond donors (Lipinski definition) is 14. The molecular weight excluding hydrogens is 1390 g/mol. The van der Waals surface area contributed by atoms with E-state index in [9.17, 15) is 66.4 Å². The van der Waals surface area contributed by atoms with Gasteiger partial charge in [-0.3, -0.25) is 0 Å². The average Bonchev–Trinajstić information content (AvgIpc) is 1.46. The third kappa shape index (κ3) is 22.8. The molecule has 90 heavy (non-hydrogen) atoms. The summed E-state index contributed by atoms with van der Waals surface area (Å²) in [4.78, 5) is 1.05. The Bertz CT molecular complexity index is 2510. The van der Waals surface area contributed by atoms with Crippen LogP contribution in [0.1, 0.15) is 76.1 Å². The van der Waals surface area contributed by atoms with Crippen LogP contribution in [0.3, 0.4) is 0 Å². The quantitative estimate of drug-likeness (QED) is 0.0447. The maximum absolute atomic E-state index is 10.7. The Hall–Kier alpha value is -2.07. The number of benzene rings is 4. The van der Waals surface area contributed by atoms with Crippen molar-refractivity contribution in [3.8, 4) is 0 Å². The number of hydrogen-bond acceptors (Lipinski definition) is 20. The molecule has 0 amide bonds. The molecule has 20 nitrogen and oxygen atoms in total. The standard InChI is InChI=1S/C27H38O6Se.C14H20O5.C14H20OSe.C11H24O8Se.ClH/c1-3-23-18(2)21(31-14-19-10-6-4-7-11-19)16-34(23)17-22-24(28)25(29)26(30)27(33-22)32-15-20-12-8-5-9-13-20;1-2-10-11(15)12(16)13(17)14(19-10)18-8-9-6-4-3-5-7-9;1-3-14-11(2)13(10-16-14)15-9-12-7-5-4-6-8-12;12-1-5(14)10(18)11(19)7(16)4-20-3-6(15)9(17)8(20)2-13;/h4-13,18,21-30,34H,3,14-17H2,1-2H3;3-7,10-17H,2,8H2,1H3;4-8,11,13-14H,3,9-10H2,1-2H3;5-20H,1-4H2;1H/t18-,21+,22+,23+,24+,25-,26-,27-;10-,11-,12+,13+,14+;11-,13+,14+;5-,6-,7-,8-,9+,10-,11-;/m0101./s1. The predicted molar refractivity (Wildman–Crippen MR) is 348 cm³/mol. The first-order valence-electron chi connectivity index (χ1n) is 31.2. The molecule has 5 aliphatic heterocycles. The first-order chi connectivity index (χ1) is 42.7. The normalized spacial score (nSPS) is 35.2. The molecule has 0 spiro atoms. The number of ether oxygens (including phenoxy) is 6. The van der Waals surface area contributed by atoms with Crippen LogP contribution in [0, 0.1) is 11.8 Å². The van der Waals surface area contributed by atoms with Crippen molar-refractivity contribution in [2.75, 3.05) is 13.2 Å². The molecule has 14 N–H and O–H groups in total. The van der Waals surface area contributed by atoms with Gasteiger partial charge in [0.15, 0.2) is 6.29 Å². The molecule has 5 fully saturated rings. The molecule has 24 heteroatoms. The van der Waals surface area contributed by atoms with Gasteiger partial charge in [-0.1, -0.05) is 37.3 Å². The van der Waals surface area contributed by atoms with Crippen LogP contribution >= 0.6 is 12.4 Å². The van der Waals surface area contributed by atoms with E-state index in [1.165, 1.54) is 22.9 Å². The summed E-state index contributed by atoms with van der Waals surface area (Å²) < 4.78 is 35.3. The summed E-state index contributed by atoms with van der Waals surface area (Å²) in [6.45, 7) is 11.9. The molecule has 0 radical (unpaired) electrons. The van der Waals surface area contributed by atoms with Crippen molar-refractivity contribution in [2.24, 2.45) is 11.8 Å². The van der Waals surface area contributed by atoms with Crippen molar-refractivity contribution in [3.63, 3.8) is 0 Å². The maximum atomic E-state index is 10.7. The molecule has 0 aliphatic carbocycles. The minimum atomic E-state index is -2.00. The van der Waals surface area contributed by atoms with Crippen LogP contribution in [0.5, 0.6) is 0 Å². The second-order valence-corrected chi connectivity index (χ2v) is 37.1. The van der Waals surface area contributed by atoms with Crippen molar-refractivity contribution in [2.45, 2.75) is 232 Å². The SMILES string of the molecule is CC[C@@H]1[C@@H](C)[C@H](OCc2ccccc2)C[SeH]1C[C@H]1O[C@H](OCc2ccccc2)[C@@H](O)[C@@H](O)[C@@H]1O.CC[C@H]1O[C@H](OCc2ccccc2)[C@@H](O)[C@@H](O)[C@@H]1O.CC[C@H]1[Se]C[C@@H](OCc2ccccc2)[C@@H]1C.Cl.OC[C@@H](O)[C@@H](O)[C@H](O)[C@H](O)C[SeH]1C[C@@H](O)[C@H](O)[C@H]1CO. The van der Waals surface area contributed by atoms with Crippen molar-refractivity contribution in [1.29, 1.82) is 0 Å². The molecule has 9 rings (SSSR count). The Kier molecular flexibility index (Phi) is 35.4. The van der Waals surface area contributed by atoms with Gasteiger partial charge in [-0.15, -0.1) is 12.4 Å². The summed E-state index contributed by atoms with van der Waals surface area (Å²) in [5.74, 6) is 1.21. The van der Waals surface area contributed by atoms with E-state index in [2.05, 4.69) is 70.2 Å². The van der Waals surface area contributed by atoms with Gasteiger partial charge in [-0.05, 0) is 12.0 Å². The summed E-state index contributed by atoms with van der Waals surface area (Å²) >= 11 is -2.64. The van der Waals surface area contributed by atoms with Gasteiger partial charge < -0.3 is 24.8 Å². The van der Waals surface area contributed by atoms with Crippen LogP contribution in [0.4, 0.5) is 0 Å². The first kappa shape index (κ1) is 78.6. The molecular formula is C66H103ClO20Se3. The molecule has 5 aliphatic rings. The van der Waals surface area contributed by atoms with Gasteiger partial charge in [0, 0.05) is 0 Å². The van der Waals surface area contributed by atoms with Crippen LogP contribution in [0.25, 0.3) is 0 Å². The zero-order valence-electron chi connectivity index (χ0n) is 52.1. The van der Waals surface area contributed by atoms with Crippen LogP contribution in [-0.2, 0) is 54.8 Å². The molecule has 25 atom stereocenters. The van der Waals surface area contributed by atoms with Crippen LogP contribution < -0.4 is 0 Å². The molecule has 0 bridgehead atoms. The van der Waals surface area contributed by atoms with E-state index < -0.39 is 137 Å². The van der Waals surface area contributed by atoms with Crippen molar-refractivity contribution in [3.05, 3.63) is 144 Å². The monoisotopic (exact) mass is 1490 g/mol.